The maximum absolute atomic E-state index is 11.6. The van der Waals surface area contributed by atoms with Crippen molar-refractivity contribution in [2.45, 2.75) is 20.0 Å². The van der Waals surface area contributed by atoms with Crippen molar-refractivity contribution in [3.05, 3.63) is 70.8 Å². The Kier molecular flexibility index (Phi) is 5.56. The third-order valence-corrected chi connectivity index (χ3v) is 3.32. The number of nitriles is 1. The van der Waals surface area contributed by atoms with Crippen LogP contribution in [-0.2, 0) is 17.8 Å². The van der Waals surface area contributed by atoms with Crippen molar-refractivity contribution in [2.75, 3.05) is 6.54 Å². The highest BCUT2D eigenvalue weighted by atomic mass is 16.5. The van der Waals surface area contributed by atoms with Gasteiger partial charge in [-0.3, -0.25) is 0 Å². The zero-order valence-corrected chi connectivity index (χ0v) is 12.5. The van der Waals surface area contributed by atoms with E-state index in [1.165, 1.54) is 0 Å². The molecule has 0 unspecified atom stereocenters. The van der Waals surface area contributed by atoms with Gasteiger partial charge in [0, 0.05) is 6.54 Å². The molecule has 1 N–H and O–H groups in total. The molecule has 4 nitrogen and oxygen atoms in total. The highest BCUT2D eigenvalue weighted by Gasteiger charge is 2.03. The summed E-state index contributed by atoms with van der Waals surface area (Å²) in [6.07, 6.45) is 0.228. The summed E-state index contributed by atoms with van der Waals surface area (Å²) in [5.41, 5.74) is 3.60. The van der Waals surface area contributed by atoms with E-state index in [4.69, 9.17) is 10.00 Å². The van der Waals surface area contributed by atoms with Crippen molar-refractivity contribution in [1.29, 1.82) is 5.26 Å². The first kappa shape index (κ1) is 15.6. The Balaban J connectivity index is 1.74. The molecule has 0 aromatic heterocycles. The summed E-state index contributed by atoms with van der Waals surface area (Å²) in [4.78, 5) is 11.6. The van der Waals surface area contributed by atoms with Crippen molar-refractivity contribution in [1.82, 2.24) is 5.32 Å². The Morgan fingerprint density at radius 3 is 2.68 bits per heavy atom. The van der Waals surface area contributed by atoms with E-state index < -0.39 is 6.09 Å². The van der Waals surface area contributed by atoms with Crippen LogP contribution in [0.25, 0.3) is 0 Å². The van der Waals surface area contributed by atoms with Crippen LogP contribution in [0.1, 0.15) is 22.3 Å². The predicted molar refractivity (Wildman–Crippen MR) is 84.2 cm³/mol. The minimum absolute atomic E-state index is 0.260. The van der Waals surface area contributed by atoms with E-state index in [1.807, 2.05) is 55.5 Å². The Bertz CT molecular complexity index is 675. The molecule has 2 aromatic carbocycles. The smallest absolute Gasteiger partial charge is 0.407 e. The first-order valence-corrected chi connectivity index (χ1v) is 7.13. The third kappa shape index (κ3) is 4.64. The lowest BCUT2D eigenvalue weighted by Gasteiger charge is -2.08. The fourth-order valence-electron chi connectivity index (χ4n) is 2.03. The largest absolute Gasteiger partial charge is 0.445 e. The molecule has 0 heterocycles. The Hall–Kier alpha value is -2.80. The highest BCUT2D eigenvalue weighted by molar-refractivity contribution is 5.67. The van der Waals surface area contributed by atoms with E-state index in [-0.39, 0.29) is 6.61 Å². The van der Waals surface area contributed by atoms with Crippen molar-refractivity contribution in [3.8, 4) is 6.07 Å². The van der Waals surface area contributed by atoms with Crippen LogP contribution in [0.5, 0.6) is 0 Å². The molecular weight excluding hydrogens is 276 g/mol. The number of rotatable bonds is 5. The number of hydrogen-bond acceptors (Lipinski definition) is 3. The van der Waals surface area contributed by atoms with E-state index in [1.54, 1.807) is 0 Å². The van der Waals surface area contributed by atoms with Gasteiger partial charge in [0.1, 0.15) is 6.61 Å². The fourth-order valence-corrected chi connectivity index (χ4v) is 2.03. The fraction of sp³-hybridized carbons (Fsp3) is 0.222. The zero-order valence-electron chi connectivity index (χ0n) is 12.5. The van der Waals surface area contributed by atoms with Gasteiger partial charge >= 0.3 is 6.09 Å². The Morgan fingerprint density at radius 2 is 1.95 bits per heavy atom. The quantitative estimate of drug-likeness (QED) is 0.920. The Labute approximate surface area is 130 Å². The van der Waals surface area contributed by atoms with E-state index in [0.29, 0.717) is 18.5 Å². The predicted octanol–water partition coefficient (Wildman–Crippen LogP) is 3.34. The first-order valence-electron chi connectivity index (χ1n) is 7.13. The van der Waals surface area contributed by atoms with Gasteiger partial charge in [-0.1, -0.05) is 42.5 Å². The highest BCUT2D eigenvalue weighted by Crippen LogP contribution is 2.10. The third-order valence-electron chi connectivity index (χ3n) is 3.32. The van der Waals surface area contributed by atoms with Crippen LogP contribution in [0.2, 0.25) is 0 Å². The number of nitrogens with zero attached hydrogens (tertiary/aromatic N) is 1. The summed E-state index contributed by atoms with van der Waals surface area (Å²) in [6, 6.07) is 17.4. The van der Waals surface area contributed by atoms with Crippen LogP contribution in [-0.4, -0.2) is 12.6 Å². The molecule has 22 heavy (non-hydrogen) atoms. The van der Waals surface area contributed by atoms with Crippen LogP contribution in [0.4, 0.5) is 4.79 Å². The number of ether oxygens (including phenoxy) is 1. The summed E-state index contributed by atoms with van der Waals surface area (Å²) in [6.45, 7) is 2.64. The Morgan fingerprint density at radius 1 is 1.18 bits per heavy atom. The van der Waals surface area contributed by atoms with Gasteiger partial charge in [0.15, 0.2) is 0 Å². The maximum atomic E-state index is 11.6. The second kappa shape index (κ2) is 7.84. The summed E-state index contributed by atoms with van der Waals surface area (Å²) >= 11 is 0. The molecule has 4 heteroatoms. The monoisotopic (exact) mass is 294 g/mol. The van der Waals surface area contributed by atoms with E-state index in [0.717, 1.165) is 16.7 Å². The molecule has 0 spiro atoms. The van der Waals surface area contributed by atoms with Gasteiger partial charge in [-0.25, -0.2) is 4.79 Å². The lowest BCUT2D eigenvalue weighted by molar-refractivity contribution is 0.140. The molecule has 0 bridgehead atoms. The van der Waals surface area contributed by atoms with Crippen molar-refractivity contribution < 1.29 is 9.53 Å². The molecule has 0 radical (unpaired) electrons. The summed E-state index contributed by atoms with van der Waals surface area (Å²) in [5.74, 6) is 0. The molecule has 0 saturated carbocycles. The minimum Gasteiger partial charge on any atom is -0.445 e. The number of hydrogen-bond donors (Lipinski definition) is 1. The second-order valence-electron chi connectivity index (χ2n) is 5.00. The summed E-state index contributed by atoms with van der Waals surface area (Å²) < 4.78 is 5.13. The number of aryl methyl sites for hydroxylation is 1. The van der Waals surface area contributed by atoms with Gasteiger partial charge in [-0.15, -0.1) is 0 Å². The standard InChI is InChI=1S/C18H18N2O2/c1-14-7-8-15(11-17(14)12-19)9-10-20-18(21)22-13-16-5-3-2-4-6-16/h2-8,11H,9-10,13H2,1H3,(H,20,21). The molecule has 0 aliphatic rings. The number of carbonyl (C=O) groups is 1. The molecule has 2 rings (SSSR count). The van der Waals surface area contributed by atoms with Crippen LogP contribution >= 0.6 is 0 Å². The average molecular weight is 294 g/mol. The summed E-state index contributed by atoms with van der Waals surface area (Å²) in [7, 11) is 0. The average Bonchev–Trinajstić information content (AvgIpc) is 2.55. The molecule has 0 aliphatic carbocycles. The van der Waals surface area contributed by atoms with Crippen LogP contribution in [0.15, 0.2) is 48.5 Å². The number of amides is 1. The molecule has 2 aromatic rings. The number of nitrogens with one attached hydrogen (secondary N) is 1. The van der Waals surface area contributed by atoms with Gasteiger partial charge in [0.2, 0.25) is 0 Å². The van der Waals surface area contributed by atoms with Gasteiger partial charge in [0.05, 0.1) is 11.6 Å². The topological polar surface area (TPSA) is 62.1 Å². The SMILES string of the molecule is Cc1ccc(CCNC(=O)OCc2ccccc2)cc1C#N. The molecule has 0 atom stereocenters. The van der Waals surface area contributed by atoms with Crippen LogP contribution < -0.4 is 5.32 Å². The van der Waals surface area contributed by atoms with Crippen molar-refractivity contribution in [3.63, 3.8) is 0 Å². The molecule has 0 saturated heterocycles. The van der Waals surface area contributed by atoms with E-state index >= 15 is 0 Å². The van der Waals surface area contributed by atoms with Crippen LogP contribution in [0, 0.1) is 18.3 Å². The molecule has 1 amide bonds. The van der Waals surface area contributed by atoms with Crippen LogP contribution in [0.3, 0.4) is 0 Å². The number of benzene rings is 2. The molecule has 0 fully saturated rings. The van der Waals surface area contributed by atoms with Crippen molar-refractivity contribution >= 4 is 6.09 Å². The molecule has 0 aliphatic heterocycles. The molecule has 112 valence electrons. The number of alkyl carbamates (subject to hydrolysis) is 1. The van der Waals surface area contributed by atoms with Crippen molar-refractivity contribution in [2.24, 2.45) is 0 Å². The van der Waals surface area contributed by atoms with Gasteiger partial charge in [-0.05, 0) is 36.1 Å². The first-order chi connectivity index (χ1) is 10.7. The second-order valence-corrected chi connectivity index (χ2v) is 5.00. The minimum atomic E-state index is -0.434. The lowest BCUT2D eigenvalue weighted by atomic mass is 10.0. The van der Waals surface area contributed by atoms with E-state index in [9.17, 15) is 4.79 Å². The maximum Gasteiger partial charge on any atom is 0.407 e. The van der Waals surface area contributed by atoms with E-state index in [2.05, 4.69) is 11.4 Å². The normalized spacial score (nSPS) is 9.82. The summed E-state index contributed by atoms with van der Waals surface area (Å²) in [5, 5.41) is 11.7. The lowest BCUT2D eigenvalue weighted by Crippen LogP contribution is -2.26. The van der Waals surface area contributed by atoms with Gasteiger partial charge in [0.25, 0.3) is 0 Å². The zero-order chi connectivity index (χ0) is 15.8. The van der Waals surface area contributed by atoms with Gasteiger partial charge in [-0.2, -0.15) is 5.26 Å². The number of carbonyl (C=O) groups excluding carboxylic acids is 1. The van der Waals surface area contributed by atoms with Gasteiger partial charge < -0.3 is 10.1 Å². The molecular formula is C18H18N2O2.